The van der Waals surface area contributed by atoms with Gasteiger partial charge in [-0.3, -0.25) is 4.79 Å². The number of hydrogen-bond donors (Lipinski definition) is 0. The highest BCUT2D eigenvalue weighted by molar-refractivity contribution is 5.78. The average Bonchev–Trinajstić information content (AvgIpc) is 2.34. The van der Waals surface area contributed by atoms with Gasteiger partial charge in [0.25, 0.3) is 0 Å². The lowest BCUT2D eigenvalue weighted by atomic mass is 10.0. The van der Waals surface area contributed by atoms with Crippen LogP contribution < -0.4 is 0 Å². The third-order valence-electron chi connectivity index (χ3n) is 3.19. The van der Waals surface area contributed by atoms with Crippen molar-refractivity contribution in [1.29, 1.82) is 0 Å². The van der Waals surface area contributed by atoms with Crippen molar-refractivity contribution in [1.82, 2.24) is 0 Å². The molecule has 0 saturated heterocycles. The van der Waals surface area contributed by atoms with E-state index < -0.39 is 0 Å². The number of rotatable bonds is 9. The Kier molecular flexibility index (Phi) is 9.80. The van der Waals surface area contributed by atoms with Gasteiger partial charge in [0.1, 0.15) is 5.78 Å². The summed E-state index contributed by atoms with van der Waals surface area (Å²) in [4.78, 5) is 11.1. The van der Waals surface area contributed by atoms with E-state index >= 15 is 0 Å². The number of ketones is 1. The van der Waals surface area contributed by atoms with Gasteiger partial charge in [0.05, 0.1) is 0 Å². The minimum Gasteiger partial charge on any atom is -0.300 e. The first kappa shape index (κ1) is 16.1. The SMILES string of the molecule is CCC(=O)CCC=C(C)CCC=C(CC)CC. The first-order valence-corrected chi connectivity index (χ1v) is 6.99. The molecule has 0 aromatic carbocycles. The Morgan fingerprint density at radius 1 is 0.882 bits per heavy atom. The lowest BCUT2D eigenvalue weighted by Gasteiger charge is -2.02. The fraction of sp³-hybridized carbons (Fsp3) is 0.688. The zero-order valence-corrected chi connectivity index (χ0v) is 12.0. The number of allylic oxidation sites excluding steroid dienone is 4. The minimum atomic E-state index is 0.369. The van der Waals surface area contributed by atoms with Crippen molar-refractivity contribution in [2.45, 2.75) is 72.6 Å². The monoisotopic (exact) mass is 236 g/mol. The molecule has 0 aliphatic rings. The molecule has 0 amide bonds. The predicted molar refractivity (Wildman–Crippen MR) is 76.2 cm³/mol. The maximum atomic E-state index is 11.1. The molecule has 0 radical (unpaired) electrons. The van der Waals surface area contributed by atoms with Gasteiger partial charge in [0.15, 0.2) is 0 Å². The Bertz CT molecular complexity index is 265. The van der Waals surface area contributed by atoms with Crippen LogP contribution >= 0.6 is 0 Å². The second-order valence-electron chi connectivity index (χ2n) is 4.59. The Morgan fingerprint density at radius 2 is 1.47 bits per heavy atom. The first-order chi connectivity index (χ1) is 8.13. The van der Waals surface area contributed by atoms with E-state index in [1.165, 1.54) is 18.4 Å². The smallest absolute Gasteiger partial charge is 0.132 e. The molecule has 0 aromatic rings. The van der Waals surface area contributed by atoms with Crippen molar-refractivity contribution in [2.24, 2.45) is 0 Å². The van der Waals surface area contributed by atoms with Crippen molar-refractivity contribution < 1.29 is 4.79 Å². The highest BCUT2D eigenvalue weighted by atomic mass is 16.1. The average molecular weight is 236 g/mol. The van der Waals surface area contributed by atoms with Crippen LogP contribution in [0.15, 0.2) is 23.3 Å². The molecule has 0 aliphatic heterocycles. The highest BCUT2D eigenvalue weighted by Gasteiger charge is 1.96. The van der Waals surface area contributed by atoms with E-state index in [-0.39, 0.29) is 0 Å². The quantitative estimate of drug-likeness (QED) is 0.502. The molecule has 0 saturated carbocycles. The zero-order valence-electron chi connectivity index (χ0n) is 12.0. The Hall–Kier alpha value is -0.850. The topological polar surface area (TPSA) is 17.1 Å². The summed E-state index contributed by atoms with van der Waals surface area (Å²) in [6.07, 6.45) is 11.5. The molecule has 0 atom stereocenters. The molecular formula is C16H28O. The Morgan fingerprint density at radius 3 is 2.00 bits per heavy atom. The molecule has 0 spiro atoms. The van der Waals surface area contributed by atoms with Gasteiger partial charge in [0.2, 0.25) is 0 Å². The van der Waals surface area contributed by atoms with Gasteiger partial charge in [-0.2, -0.15) is 0 Å². The van der Waals surface area contributed by atoms with Crippen LogP contribution in [0.2, 0.25) is 0 Å². The molecule has 98 valence electrons. The van der Waals surface area contributed by atoms with Crippen LogP contribution in [0.4, 0.5) is 0 Å². The van der Waals surface area contributed by atoms with Crippen molar-refractivity contribution in [3.8, 4) is 0 Å². The summed E-state index contributed by atoms with van der Waals surface area (Å²) in [5.74, 6) is 0.369. The normalized spacial score (nSPS) is 11.4. The van der Waals surface area contributed by atoms with Gasteiger partial charge in [0, 0.05) is 12.8 Å². The second kappa shape index (κ2) is 10.3. The summed E-state index contributed by atoms with van der Waals surface area (Å²) >= 11 is 0. The third kappa shape index (κ3) is 8.91. The van der Waals surface area contributed by atoms with Crippen molar-refractivity contribution in [2.75, 3.05) is 0 Å². The third-order valence-corrected chi connectivity index (χ3v) is 3.19. The molecule has 0 bridgehead atoms. The zero-order chi connectivity index (χ0) is 13.1. The lowest BCUT2D eigenvalue weighted by Crippen LogP contribution is -1.93. The molecule has 0 unspecified atom stereocenters. The largest absolute Gasteiger partial charge is 0.300 e. The lowest BCUT2D eigenvalue weighted by molar-refractivity contribution is -0.118. The van der Waals surface area contributed by atoms with E-state index in [0.717, 1.165) is 19.3 Å². The Labute approximate surface area is 107 Å². The van der Waals surface area contributed by atoms with E-state index in [0.29, 0.717) is 18.6 Å². The maximum absolute atomic E-state index is 11.1. The van der Waals surface area contributed by atoms with E-state index in [1.807, 2.05) is 6.92 Å². The minimum absolute atomic E-state index is 0.369. The van der Waals surface area contributed by atoms with Crippen LogP contribution in [0.5, 0.6) is 0 Å². The van der Waals surface area contributed by atoms with Crippen molar-refractivity contribution >= 4 is 5.78 Å². The van der Waals surface area contributed by atoms with E-state index in [4.69, 9.17) is 0 Å². The summed E-state index contributed by atoms with van der Waals surface area (Å²) in [6.45, 7) is 8.53. The van der Waals surface area contributed by atoms with Crippen LogP contribution in [-0.2, 0) is 4.79 Å². The summed E-state index contributed by atoms with van der Waals surface area (Å²) in [5, 5.41) is 0. The molecule has 0 rings (SSSR count). The van der Waals surface area contributed by atoms with Crippen LogP contribution in [0.1, 0.15) is 72.6 Å². The van der Waals surface area contributed by atoms with Crippen LogP contribution in [0.3, 0.4) is 0 Å². The first-order valence-electron chi connectivity index (χ1n) is 6.99. The molecule has 0 heterocycles. The Balaban J connectivity index is 3.85. The van der Waals surface area contributed by atoms with Gasteiger partial charge in [-0.15, -0.1) is 0 Å². The molecule has 0 N–H and O–H groups in total. The molecule has 0 aliphatic carbocycles. The maximum Gasteiger partial charge on any atom is 0.132 e. The fourth-order valence-electron chi connectivity index (χ4n) is 1.80. The second-order valence-corrected chi connectivity index (χ2v) is 4.59. The molecule has 0 aromatic heterocycles. The fourth-order valence-corrected chi connectivity index (χ4v) is 1.80. The van der Waals surface area contributed by atoms with Gasteiger partial charge in [-0.05, 0) is 39.0 Å². The van der Waals surface area contributed by atoms with Crippen molar-refractivity contribution in [3.63, 3.8) is 0 Å². The number of carbonyl (C=O) groups excluding carboxylic acids is 1. The standard InChI is InChI=1S/C16H28O/c1-5-15(6-2)12-8-10-14(4)11-9-13-16(17)7-3/h11-12H,5-10,13H2,1-4H3. The van der Waals surface area contributed by atoms with Gasteiger partial charge in [-0.25, -0.2) is 0 Å². The van der Waals surface area contributed by atoms with Gasteiger partial charge < -0.3 is 0 Å². The molecule has 1 heteroatoms. The van der Waals surface area contributed by atoms with Crippen LogP contribution in [0.25, 0.3) is 0 Å². The van der Waals surface area contributed by atoms with E-state index in [1.54, 1.807) is 5.57 Å². The molecular weight excluding hydrogens is 208 g/mol. The number of carbonyl (C=O) groups is 1. The number of Topliss-reactive ketones (excluding diaryl/α,β-unsaturated/α-hetero) is 1. The summed E-state index contributed by atoms with van der Waals surface area (Å²) in [7, 11) is 0. The van der Waals surface area contributed by atoms with E-state index in [9.17, 15) is 4.79 Å². The van der Waals surface area contributed by atoms with Gasteiger partial charge >= 0.3 is 0 Å². The molecule has 0 fully saturated rings. The summed E-state index contributed by atoms with van der Waals surface area (Å²) in [6, 6.07) is 0. The van der Waals surface area contributed by atoms with Crippen LogP contribution in [0, 0.1) is 0 Å². The summed E-state index contributed by atoms with van der Waals surface area (Å²) in [5.41, 5.74) is 2.97. The van der Waals surface area contributed by atoms with E-state index in [2.05, 4.69) is 32.9 Å². The summed E-state index contributed by atoms with van der Waals surface area (Å²) < 4.78 is 0. The molecule has 17 heavy (non-hydrogen) atoms. The van der Waals surface area contributed by atoms with Crippen LogP contribution in [-0.4, -0.2) is 5.78 Å². The predicted octanol–water partition coefficient (Wildman–Crippen LogP) is 5.22. The molecule has 1 nitrogen and oxygen atoms in total. The van der Waals surface area contributed by atoms with Gasteiger partial charge in [-0.1, -0.05) is 44.1 Å². The highest BCUT2D eigenvalue weighted by Crippen LogP contribution is 2.12. The number of hydrogen-bond acceptors (Lipinski definition) is 1. The van der Waals surface area contributed by atoms with Crippen molar-refractivity contribution in [3.05, 3.63) is 23.3 Å².